The SMILES string of the molecule is CC1(C)Oc2ccc(C#N)cc2C(N(CCCC(=O)O)c2ccccc2)C1O. The first-order valence-corrected chi connectivity index (χ1v) is 9.28. The highest BCUT2D eigenvalue weighted by Gasteiger charge is 2.45. The summed E-state index contributed by atoms with van der Waals surface area (Å²) >= 11 is 0. The summed E-state index contributed by atoms with van der Waals surface area (Å²) in [5.74, 6) is -0.230. The maximum Gasteiger partial charge on any atom is 0.303 e. The van der Waals surface area contributed by atoms with Crippen LogP contribution in [0.1, 0.15) is 43.9 Å². The molecule has 0 fully saturated rings. The topological polar surface area (TPSA) is 93.8 Å². The Kier molecular flexibility index (Phi) is 5.57. The molecular formula is C22H24N2O4. The minimum Gasteiger partial charge on any atom is -0.485 e. The Morgan fingerprint density at radius 3 is 2.61 bits per heavy atom. The number of ether oxygens (including phenoxy) is 1. The number of aliphatic hydroxyl groups excluding tert-OH is 1. The maximum atomic E-state index is 11.2. The number of nitrogens with zero attached hydrogens (tertiary/aromatic N) is 2. The average molecular weight is 380 g/mol. The zero-order valence-corrected chi connectivity index (χ0v) is 16.0. The highest BCUT2D eigenvalue weighted by Crippen LogP contribution is 2.44. The molecule has 0 bridgehead atoms. The molecule has 28 heavy (non-hydrogen) atoms. The fraction of sp³-hybridized carbons (Fsp3) is 0.364. The third kappa shape index (κ3) is 3.95. The molecule has 6 heteroatoms. The van der Waals surface area contributed by atoms with Gasteiger partial charge in [-0.15, -0.1) is 0 Å². The molecule has 2 atom stereocenters. The molecule has 1 aliphatic rings. The van der Waals surface area contributed by atoms with E-state index in [4.69, 9.17) is 9.84 Å². The molecule has 2 N–H and O–H groups in total. The summed E-state index contributed by atoms with van der Waals surface area (Å²) in [6.07, 6.45) is -0.405. The predicted molar refractivity (Wildman–Crippen MR) is 105 cm³/mol. The van der Waals surface area contributed by atoms with E-state index in [1.807, 2.05) is 49.1 Å². The fourth-order valence-corrected chi connectivity index (χ4v) is 3.62. The molecule has 2 unspecified atom stereocenters. The first-order chi connectivity index (χ1) is 13.3. The first kappa shape index (κ1) is 19.7. The van der Waals surface area contributed by atoms with Gasteiger partial charge in [0.25, 0.3) is 0 Å². The van der Waals surface area contributed by atoms with Crippen LogP contribution in [0.15, 0.2) is 48.5 Å². The zero-order valence-electron chi connectivity index (χ0n) is 16.0. The first-order valence-electron chi connectivity index (χ1n) is 9.28. The van der Waals surface area contributed by atoms with Crippen LogP contribution in [0.4, 0.5) is 5.69 Å². The number of carboxylic acid groups (broad SMARTS) is 1. The molecule has 0 saturated carbocycles. The number of rotatable bonds is 6. The van der Waals surface area contributed by atoms with E-state index >= 15 is 0 Å². The van der Waals surface area contributed by atoms with E-state index < -0.39 is 23.7 Å². The summed E-state index contributed by atoms with van der Waals surface area (Å²) in [6.45, 7) is 4.10. The Balaban J connectivity index is 2.09. The minimum absolute atomic E-state index is 0.0388. The van der Waals surface area contributed by atoms with Crippen molar-refractivity contribution in [2.45, 2.75) is 44.4 Å². The number of hydrogen-bond acceptors (Lipinski definition) is 5. The number of fused-ring (bicyclic) bond motifs is 1. The van der Waals surface area contributed by atoms with Gasteiger partial charge >= 0.3 is 5.97 Å². The van der Waals surface area contributed by atoms with Gasteiger partial charge in [0, 0.05) is 24.2 Å². The quantitative estimate of drug-likeness (QED) is 0.797. The Labute approximate surface area is 164 Å². The number of para-hydroxylation sites is 1. The second kappa shape index (κ2) is 7.91. The molecule has 0 spiro atoms. The minimum atomic E-state index is -0.876. The summed E-state index contributed by atoms with van der Waals surface area (Å²) in [5, 5.41) is 29.5. The molecule has 2 aromatic rings. The van der Waals surface area contributed by atoms with Crippen LogP contribution in [-0.4, -0.2) is 34.4 Å². The number of carbonyl (C=O) groups is 1. The van der Waals surface area contributed by atoms with Gasteiger partial charge in [0.2, 0.25) is 0 Å². The lowest BCUT2D eigenvalue weighted by Gasteiger charge is -2.47. The number of aliphatic carboxylic acids is 1. The van der Waals surface area contributed by atoms with Crippen LogP contribution < -0.4 is 9.64 Å². The molecule has 0 aromatic heterocycles. The van der Waals surface area contributed by atoms with Crippen LogP contribution in [0.2, 0.25) is 0 Å². The van der Waals surface area contributed by atoms with Crippen molar-refractivity contribution in [3.05, 3.63) is 59.7 Å². The van der Waals surface area contributed by atoms with Gasteiger partial charge < -0.3 is 19.8 Å². The molecule has 3 rings (SSSR count). The molecular weight excluding hydrogens is 356 g/mol. The molecule has 2 aromatic carbocycles. The van der Waals surface area contributed by atoms with Gasteiger partial charge in [0.1, 0.15) is 17.5 Å². The van der Waals surface area contributed by atoms with E-state index in [1.165, 1.54) is 0 Å². The molecule has 0 aliphatic carbocycles. The molecule has 146 valence electrons. The van der Waals surface area contributed by atoms with Crippen molar-refractivity contribution in [3.63, 3.8) is 0 Å². The lowest BCUT2D eigenvalue weighted by Crippen LogP contribution is -2.54. The van der Waals surface area contributed by atoms with Crippen molar-refractivity contribution in [1.82, 2.24) is 0 Å². The van der Waals surface area contributed by atoms with Gasteiger partial charge in [-0.25, -0.2) is 0 Å². The second-order valence-electron chi connectivity index (χ2n) is 7.49. The molecule has 1 heterocycles. The van der Waals surface area contributed by atoms with Crippen molar-refractivity contribution >= 4 is 11.7 Å². The number of anilines is 1. The van der Waals surface area contributed by atoms with Crippen LogP contribution in [0, 0.1) is 11.3 Å². The summed E-state index contributed by atoms with van der Waals surface area (Å²) in [5.41, 5.74) is 1.25. The maximum absolute atomic E-state index is 11.2. The predicted octanol–water partition coefficient (Wildman–Crippen LogP) is 3.50. The van der Waals surface area contributed by atoms with Crippen molar-refractivity contribution in [2.24, 2.45) is 0 Å². The van der Waals surface area contributed by atoms with Crippen molar-refractivity contribution in [1.29, 1.82) is 5.26 Å². The third-order valence-corrected chi connectivity index (χ3v) is 5.06. The van der Waals surface area contributed by atoms with Gasteiger partial charge in [0.15, 0.2) is 0 Å². The molecule has 6 nitrogen and oxygen atoms in total. The van der Waals surface area contributed by atoms with Gasteiger partial charge in [-0.05, 0) is 50.6 Å². The van der Waals surface area contributed by atoms with Gasteiger partial charge in [-0.1, -0.05) is 18.2 Å². The largest absolute Gasteiger partial charge is 0.485 e. The number of benzene rings is 2. The normalized spacial score (nSPS) is 19.8. The van der Waals surface area contributed by atoms with Crippen molar-refractivity contribution in [3.8, 4) is 11.8 Å². The Morgan fingerprint density at radius 2 is 1.96 bits per heavy atom. The number of carboxylic acids is 1. The zero-order chi connectivity index (χ0) is 20.3. The lowest BCUT2D eigenvalue weighted by molar-refractivity contribution is -0.137. The van der Waals surface area contributed by atoms with Crippen LogP contribution in [0.5, 0.6) is 5.75 Å². The van der Waals surface area contributed by atoms with E-state index in [2.05, 4.69) is 6.07 Å². The molecule has 0 amide bonds. The van der Waals surface area contributed by atoms with Gasteiger partial charge in [-0.2, -0.15) is 5.26 Å². The molecule has 0 radical (unpaired) electrons. The molecule has 1 aliphatic heterocycles. The van der Waals surface area contributed by atoms with Gasteiger partial charge in [-0.3, -0.25) is 4.79 Å². The van der Waals surface area contributed by atoms with Crippen LogP contribution in [0.25, 0.3) is 0 Å². The van der Waals surface area contributed by atoms with E-state index in [0.29, 0.717) is 24.3 Å². The van der Waals surface area contributed by atoms with Crippen LogP contribution >= 0.6 is 0 Å². The number of aliphatic hydroxyl groups is 1. The van der Waals surface area contributed by atoms with Crippen molar-refractivity contribution in [2.75, 3.05) is 11.4 Å². The smallest absolute Gasteiger partial charge is 0.303 e. The fourth-order valence-electron chi connectivity index (χ4n) is 3.62. The summed E-state index contributed by atoms with van der Waals surface area (Å²) in [6, 6.07) is 16.5. The van der Waals surface area contributed by atoms with E-state index in [0.717, 1.165) is 11.3 Å². The Bertz CT molecular complexity index is 889. The highest BCUT2D eigenvalue weighted by atomic mass is 16.5. The van der Waals surface area contributed by atoms with Gasteiger partial charge in [0.05, 0.1) is 17.7 Å². The molecule has 0 saturated heterocycles. The third-order valence-electron chi connectivity index (χ3n) is 5.06. The van der Waals surface area contributed by atoms with Crippen molar-refractivity contribution < 1.29 is 19.7 Å². The number of hydrogen-bond donors (Lipinski definition) is 2. The number of nitriles is 1. The average Bonchev–Trinajstić information content (AvgIpc) is 2.67. The van der Waals surface area contributed by atoms with E-state index in [-0.39, 0.29) is 6.42 Å². The Hall–Kier alpha value is -3.04. The standard InChI is InChI=1S/C22H24N2O4/c1-22(2)21(27)20(17-13-15(14-23)10-11-18(17)28-22)24(12-6-9-19(25)26)16-7-4-3-5-8-16/h3-5,7-8,10-11,13,20-21,27H,6,9,12H2,1-2H3,(H,25,26). The van der Waals surface area contributed by atoms with Crippen LogP contribution in [-0.2, 0) is 4.79 Å². The van der Waals surface area contributed by atoms with E-state index in [1.54, 1.807) is 18.2 Å². The summed E-state index contributed by atoms with van der Waals surface area (Å²) < 4.78 is 6.01. The van der Waals surface area contributed by atoms with Crippen LogP contribution in [0.3, 0.4) is 0 Å². The highest BCUT2D eigenvalue weighted by molar-refractivity contribution is 5.66. The Morgan fingerprint density at radius 1 is 1.25 bits per heavy atom. The monoisotopic (exact) mass is 380 g/mol. The summed E-state index contributed by atoms with van der Waals surface area (Å²) in [4.78, 5) is 13.0. The van der Waals surface area contributed by atoms with E-state index in [9.17, 15) is 15.2 Å². The second-order valence-corrected chi connectivity index (χ2v) is 7.49. The summed E-state index contributed by atoms with van der Waals surface area (Å²) in [7, 11) is 0. The lowest BCUT2D eigenvalue weighted by atomic mass is 9.84.